The number of esters is 3. The van der Waals surface area contributed by atoms with Crippen molar-refractivity contribution < 1.29 is 82.2 Å². The highest BCUT2D eigenvalue weighted by atomic mass is 16.6. The van der Waals surface area contributed by atoms with Crippen LogP contribution >= 0.6 is 0 Å². The molecule has 1 rings (SSSR count). The number of nitrogens with one attached hydrogen (secondary N) is 6. The number of nitrogens with zero attached hydrogens (tertiary/aromatic N) is 3. The molecule has 1 heterocycles. The number of ether oxygens (including phenoxy) is 4. The smallest absolute Gasteiger partial charge is 0.308 e. The van der Waals surface area contributed by atoms with Gasteiger partial charge in [-0.05, 0) is 80.2 Å². The van der Waals surface area contributed by atoms with Crippen LogP contribution in [0.2, 0.25) is 0 Å². The quantitative estimate of drug-likeness (QED) is 0.0161. The highest BCUT2D eigenvalue weighted by Crippen LogP contribution is 2.22. The van der Waals surface area contributed by atoms with Gasteiger partial charge in [0.25, 0.3) is 5.91 Å². The minimum atomic E-state index is -2.14. The molecule has 0 aromatic carbocycles. The zero-order valence-corrected chi connectivity index (χ0v) is 40.2. The van der Waals surface area contributed by atoms with Crippen LogP contribution in [-0.2, 0) is 66.9 Å². The van der Waals surface area contributed by atoms with Gasteiger partial charge in [0.2, 0.25) is 35.4 Å². The Kier molecular flexibility index (Phi) is 23.2. The molecule has 68 heavy (non-hydrogen) atoms. The summed E-state index contributed by atoms with van der Waals surface area (Å²) in [7, 11) is 0. The zero-order chi connectivity index (χ0) is 52.5. The van der Waals surface area contributed by atoms with Crippen LogP contribution in [0, 0.1) is 5.92 Å². The molecule has 11 N–H and O–H groups in total. The summed E-state index contributed by atoms with van der Waals surface area (Å²) in [6.07, 6.45) is -12.3. The Hall–Kier alpha value is -6.15. The van der Waals surface area contributed by atoms with Gasteiger partial charge in [0.15, 0.2) is 6.10 Å². The molecule has 1 fully saturated rings. The van der Waals surface area contributed by atoms with Crippen LogP contribution in [0.3, 0.4) is 0 Å². The van der Waals surface area contributed by atoms with Crippen molar-refractivity contribution in [2.75, 3.05) is 19.6 Å². The van der Waals surface area contributed by atoms with Crippen LogP contribution in [0.4, 0.5) is 0 Å². The number of hydrogen-bond donors (Lipinski definition) is 10. The first-order chi connectivity index (χ1) is 31.1. The van der Waals surface area contributed by atoms with E-state index in [1.165, 1.54) is 34.6 Å². The third kappa shape index (κ3) is 22.6. The minimum Gasteiger partial charge on any atom is -0.460 e. The van der Waals surface area contributed by atoms with Gasteiger partial charge in [-0.1, -0.05) is 19.0 Å². The lowest BCUT2D eigenvalue weighted by atomic mass is 9.94. The normalized spacial score (nSPS) is 20.1. The molecule has 0 spiro atoms. The van der Waals surface area contributed by atoms with Gasteiger partial charge in [0, 0.05) is 17.9 Å². The van der Waals surface area contributed by atoms with Crippen molar-refractivity contribution in [3.05, 3.63) is 10.4 Å². The Morgan fingerprint density at radius 1 is 0.662 bits per heavy atom. The number of nitrogens with two attached hydrogens (primary N) is 1. The van der Waals surface area contributed by atoms with Gasteiger partial charge in [-0.15, -0.1) is 0 Å². The van der Waals surface area contributed by atoms with Crippen LogP contribution in [-0.4, -0.2) is 166 Å². The maximum atomic E-state index is 14.2. The van der Waals surface area contributed by atoms with Gasteiger partial charge in [0.05, 0.1) is 19.4 Å². The Balaban J connectivity index is 3.62. The maximum absolute atomic E-state index is 14.2. The molecule has 1 aliphatic heterocycles. The average molecular weight is 973 g/mol. The second kappa shape index (κ2) is 26.4. The first kappa shape index (κ1) is 59.9. The zero-order valence-electron chi connectivity index (χ0n) is 40.2. The Morgan fingerprint density at radius 2 is 1.15 bits per heavy atom. The molecule has 7 unspecified atom stereocenters. The van der Waals surface area contributed by atoms with Crippen molar-refractivity contribution >= 4 is 59.3 Å². The second-order valence-corrected chi connectivity index (χ2v) is 19.1. The molecule has 7 amide bonds. The van der Waals surface area contributed by atoms with E-state index in [1.807, 2.05) is 0 Å². The molecule has 0 saturated carbocycles. The first-order valence-electron chi connectivity index (χ1n) is 21.5. The van der Waals surface area contributed by atoms with Crippen molar-refractivity contribution in [1.29, 1.82) is 0 Å². The molecule has 384 valence electrons. The van der Waals surface area contributed by atoms with E-state index in [2.05, 4.69) is 41.9 Å². The third-order valence-corrected chi connectivity index (χ3v) is 8.97. The van der Waals surface area contributed by atoms with E-state index in [0.717, 1.165) is 0 Å². The summed E-state index contributed by atoms with van der Waals surface area (Å²) < 4.78 is 21.5. The van der Waals surface area contributed by atoms with Crippen molar-refractivity contribution in [2.24, 2.45) is 16.8 Å². The maximum Gasteiger partial charge on any atom is 0.308 e. The second-order valence-electron chi connectivity index (χ2n) is 19.1. The summed E-state index contributed by atoms with van der Waals surface area (Å²) in [6.45, 7) is 15.1. The summed E-state index contributed by atoms with van der Waals surface area (Å²) in [6, 6.07) is -6.86. The highest BCUT2D eigenvalue weighted by Gasteiger charge is 2.47. The van der Waals surface area contributed by atoms with Crippen LogP contribution < -0.4 is 37.6 Å². The lowest BCUT2D eigenvalue weighted by Crippen LogP contribution is -2.65. The van der Waals surface area contributed by atoms with E-state index in [9.17, 15) is 63.3 Å². The number of carbonyl (C=O) groups is 10. The number of primary amides is 1. The molecular formula is C41H68N10O17. The SMILES string of the molecule is CC(C)[C@H](NC(=O)C(CCC(=O)OC(C)(C)C)NC(=O)[C@H](CC(=O)OC(C)(C)C)NC(=O)C1OC(CNC(=O)CN=[N+]=[N-])C(O)C(O)C1O)C(=O)NC(CC(=O)OC(C)(C)C)C(=O)NCC(N)=O. The predicted molar refractivity (Wildman–Crippen MR) is 234 cm³/mol. The number of aliphatic hydroxyl groups excluding tert-OH is 3. The van der Waals surface area contributed by atoms with Crippen molar-refractivity contribution in [2.45, 2.75) is 173 Å². The fraction of sp³-hybridized carbons (Fsp3) is 0.756. The van der Waals surface area contributed by atoms with Gasteiger partial charge in [-0.3, -0.25) is 47.9 Å². The van der Waals surface area contributed by atoms with Gasteiger partial charge >= 0.3 is 17.9 Å². The standard InChI is InChI=1S/C41H68N10O17/c1-19(2)29(37(63)48-21(34(60)45-17-24(42)52)14-27(55)67-40(6,7)8)50-35(61)20(12-13-26(54)66-39(3,4)5)47-36(62)22(15-28(56)68-41(9,10)11)49-38(64)33-32(59)31(58)30(57)23(65-33)16-44-25(53)18-46-51-43/h19-23,29-33,57-59H,12-18H2,1-11H3,(H2,42,52)(H,44,53)(H,45,60)(H,47,62)(H,48,63)(H,49,64)(H,50,61)/t20?,21?,22-,23?,29-,30?,31?,32?,33?/m0/s1. The Labute approximate surface area is 393 Å². The van der Waals surface area contributed by atoms with E-state index in [-0.39, 0.29) is 0 Å². The molecule has 0 aromatic rings. The molecule has 0 aliphatic carbocycles. The van der Waals surface area contributed by atoms with E-state index < -0.39 is 182 Å². The van der Waals surface area contributed by atoms with Crippen LogP contribution in [0.1, 0.15) is 102 Å². The summed E-state index contributed by atoms with van der Waals surface area (Å²) >= 11 is 0. The average Bonchev–Trinajstić information content (AvgIpc) is 3.18. The highest BCUT2D eigenvalue weighted by molar-refractivity contribution is 5.98. The molecule has 9 atom stereocenters. The lowest BCUT2D eigenvalue weighted by Gasteiger charge is -2.40. The topological polar surface area (TPSA) is 415 Å². The van der Waals surface area contributed by atoms with Crippen molar-refractivity contribution in [3.8, 4) is 0 Å². The molecule has 27 nitrogen and oxygen atoms in total. The molecule has 0 aromatic heterocycles. The van der Waals surface area contributed by atoms with Gasteiger partial charge < -0.3 is 71.9 Å². The molecule has 27 heteroatoms. The number of hydrogen-bond acceptors (Lipinski definition) is 18. The molecule has 0 bridgehead atoms. The predicted octanol–water partition coefficient (Wildman–Crippen LogP) is -2.95. The summed E-state index contributed by atoms with van der Waals surface area (Å²) in [5, 5.41) is 48.8. The van der Waals surface area contributed by atoms with E-state index >= 15 is 0 Å². The van der Waals surface area contributed by atoms with Gasteiger partial charge in [0.1, 0.15) is 71.9 Å². The van der Waals surface area contributed by atoms with E-state index in [1.54, 1.807) is 41.5 Å². The van der Waals surface area contributed by atoms with Gasteiger partial charge in [-0.25, -0.2) is 0 Å². The number of azide groups is 1. The molecule has 1 aliphatic rings. The lowest BCUT2D eigenvalue weighted by molar-refractivity contribution is -0.219. The Morgan fingerprint density at radius 3 is 1.63 bits per heavy atom. The van der Waals surface area contributed by atoms with Crippen molar-refractivity contribution in [1.82, 2.24) is 31.9 Å². The summed E-state index contributed by atoms with van der Waals surface area (Å²) in [5.41, 5.74) is 10.5. The monoisotopic (exact) mass is 972 g/mol. The molecule has 0 radical (unpaired) electrons. The van der Waals surface area contributed by atoms with Gasteiger partial charge in [-0.2, -0.15) is 0 Å². The number of carbonyl (C=O) groups excluding carboxylic acids is 10. The fourth-order valence-corrected chi connectivity index (χ4v) is 6.02. The number of aliphatic hydroxyl groups is 3. The minimum absolute atomic E-state index is 0.509. The van der Waals surface area contributed by atoms with Crippen molar-refractivity contribution in [3.63, 3.8) is 0 Å². The van der Waals surface area contributed by atoms with E-state index in [4.69, 9.17) is 30.2 Å². The van der Waals surface area contributed by atoms with Crippen LogP contribution in [0.25, 0.3) is 10.4 Å². The summed E-state index contributed by atoms with van der Waals surface area (Å²) in [4.78, 5) is 134. The van der Waals surface area contributed by atoms with E-state index in [0.29, 0.717) is 0 Å². The van der Waals surface area contributed by atoms with Crippen LogP contribution in [0.15, 0.2) is 5.11 Å². The first-order valence-corrected chi connectivity index (χ1v) is 21.5. The van der Waals surface area contributed by atoms with Crippen LogP contribution in [0.5, 0.6) is 0 Å². The summed E-state index contributed by atoms with van der Waals surface area (Å²) in [5.74, 6) is -11.0. The Bertz CT molecular complexity index is 1890. The number of rotatable bonds is 23. The third-order valence-electron chi connectivity index (χ3n) is 8.97. The number of amides is 7. The fourth-order valence-electron chi connectivity index (χ4n) is 6.02. The molecule has 1 saturated heterocycles. The molecular weight excluding hydrogens is 905 g/mol. The largest absolute Gasteiger partial charge is 0.460 e.